The average molecular weight is 284 g/mol. The summed E-state index contributed by atoms with van der Waals surface area (Å²) in [4.78, 5) is 6.66. The van der Waals surface area contributed by atoms with E-state index >= 15 is 0 Å². The van der Waals surface area contributed by atoms with Gasteiger partial charge in [-0.05, 0) is 42.3 Å². The van der Waals surface area contributed by atoms with E-state index in [9.17, 15) is 0 Å². The second kappa shape index (κ2) is 5.91. The van der Waals surface area contributed by atoms with E-state index in [-0.39, 0.29) is 0 Å². The van der Waals surface area contributed by atoms with E-state index in [4.69, 9.17) is 4.42 Å². The Hall–Kier alpha value is -2.43. The number of fused-ring (bicyclic) bond motifs is 1. The lowest BCUT2D eigenvalue weighted by Crippen LogP contribution is -2.30. The molecule has 1 aliphatic heterocycles. The lowest BCUT2D eigenvalue weighted by Gasteiger charge is -2.16. The van der Waals surface area contributed by atoms with Crippen LogP contribution in [0.2, 0.25) is 0 Å². The van der Waals surface area contributed by atoms with Crippen LogP contribution in [0.4, 0.5) is 11.4 Å². The number of rotatable bonds is 3. The Morgan fingerprint density at radius 2 is 2.24 bits per heavy atom. The number of anilines is 2. The number of furan rings is 1. The first-order chi connectivity index (χ1) is 10.2. The molecule has 2 N–H and O–H groups in total. The van der Waals surface area contributed by atoms with Crippen molar-refractivity contribution in [3.63, 3.8) is 0 Å². The normalized spacial score (nSPS) is 13.7. The highest BCUT2D eigenvalue weighted by atomic mass is 16.3. The van der Waals surface area contributed by atoms with Crippen LogP contribution in [0.5, 0.6) is 0 Å². The molecule has 0 saturated heterocycles. The van der Waals surface area contributed by atoms with Crippen molar-refractivity contribution in [1.82, 2.24) is 5.32 Å². The number of hydrogen-bond acceptors (Lipinski definition) is 5. The minimum atomic E-state index is 0.629. The second-order valence-electron chi connectivity index (χ2n) is 5.27. The van der Waals surface area contributed by atoms with Gasteiger partial charge in [-0.1, -0.05) is 0 Å². The predicted octanol–water partition coefficient (Wildman–Crippen LogP) is 2.46. The molecule has 5 heteroatoms. The van der Waals surface area contributed by atoms with Crippen molar-refractivity contribution in [1.29, 1.82) is 0 Å². The Morgan fingerprint density at radius 1 is 1.33 bits per heavy atom. The van der Waals surface area contributed by atoms with Gasteiger partial charge in [0.05, 0.1) is 12.8 Å². The van der Waals surface area contributed by atoms with E-state index in [0.29, 0.717) is 6.54 Å². The number of hydrogen-bond donors (Lipinski definition) is 2. The first-order valence-corrected chi connectivity index (χ1v) is 7.10. The van der Waals surface area contributed by atoms with E-state index in [1.807, 2.05) is 12.1 Å². The third-order valence-corrected chi connectivity index (χ3v) is 3.52. The minimum absolute atomic E-state index is 0.629. The number of benzene rings is 1. The van der Waals surface area contributed by atoms with Crippen LogP contribution in [0.3, 0.4) is 0 Å². The van der Waals surface area contributed by atoms with Gasteiger partial charge in [-0.3, -0.25) is 4.99 Å². The fourth-order valence-electron chi connectivity index (χ4n) is 2.33. The molecule has 0 aliphatic carbocycles. The largest absolute Gasteiger partial charge is 0.467 e. The first-order valence-electron chi connectivity index (χ1n) is 7.10. The predicted molar refractivity (Wildman–Crippen MR) is 85.9 cm³/mol. The van der Waals surface area contributed by atoms with Crippen LogP contribution in [0.1, 0.15) is 11.3 Å². The maximum absolute atomic E-state index is 5.32. The first kappa shape index (κ1) is 13.5. The van der Waals surface area contributed by atoms with Gasteiger partial charge in [0.1, 0.15) is 5.76 Å². The third-order valence-electron chi connectivity index (χ3n) is 3.52. The van der Waals surface area contributed by atoms with Crippen molar-refractivity contribution < 1.29 is 4.42 Å². The van der Waals surface area contributed by atoms with Crippen molar-refractivity contribution in [3.05, 3.63) is 47.9 Å². The molecule has 0 amide bonds. The average Bonchev–Trinajstić information content (AvgIpc) is 2.90. The molecule has 0 bridgehead atoms. The topological polar surface area (TPSA) is 52.8 Å². The highest BCUT2D eigenvalue weighted by Gasteiger charge is 2.11. The van der Waals surface area contributed by atoms with Crippen molar-refractivity contribution in [2.24, 2.45) is 4.99 Å². The molecule has 0 atom stereocenters. The van der Waals surface area contributed by atoms with Gasteiger partial charge in [-0.25, -0.2) is 0 Å². The zero-order valence-corrected chi connectivity index (χ0v) is 12.4. The summed E-state index contributed by atoms with van der Waals surface area (Å²) in [7, 11) is 4.11. The number of guanidine groups is 1. The molecule has 0 saturated carbocycles. The van der Waals surface area contributed by atoms with Crippen LogP contribution in [-0.4, -0.2) is 26.6 Å². The fourth-order valence-corrected chi connectivity index (χ4v) is 2.33. The zero-order chi connectivity index (χ0) is 14.7. The van der Waals surface area contributed by atoms with Gasteiger partial charge >= 0.3 is 0 Å². The quantitative estimate of drug-likeness (QED) is 0.909. The second-order valence-corrected chi connectivity index (χ2v) is 5.27. The summed E-state index contributed by atoms with van der Waals surface area (Å²) in [6, 6.07) is 10.3. The molecule has 1 aromatic heterocycles. The summed E-state index contributed by atoms with van der Waals surface area (Å²) >= 11 is 0. The Bertz CT molecular complexity index is 632. The summed E-state index contributed by atoms with van der Waals surface area (Å²) in [5.74, 6) is 1.69. The fraction of sp³-hybridized carbons (Fsp3) is 0.312. The Morgan fingerprint density at radius 3 is 3.00 bits per heavy atom. The molecule has 0 unspecified atom stereocenters. The number of nitrogens with zero attached hydrogens (tertiary/aromatic N) is 2. The maximum Gasteiger partial charge on any atom is 0.196 e. The Balaban J connectivity index is 1.71. The van der Waals surface area contributed by atoms with E-state index < -0.39 is 0 Å². The summed E-state index contributed by atoms with van der Waals surface area (Å²) in [6.07, 6.45) is 2.62. The molecular weight excluding hydrogens is 264 g/mol. The van der Waals surface area contributed by atoms with Crippen LogP contribution in [0, 0.1) is 0 Å². The molecule has 5 nitrogen and oxygen atoms in total. The molecule has 0 fully saturated rings. The molecule has 1 aliphatic rings. The summed E-state index contributed by atoms with van der Waals surface area (Å²) in [6.45, 7) is 1.40. The molecule has 0 radical (unpaired) electrons. The molecule has 2 aromatic rings. The lowest BCUT2D eigenvalue weighted by molar-refractivity contribution is 0.503. The van der Waals surface area contributed by atoms with E-state index in [1.165, 1.54) is 11.3 Å². The lowest BCUT2D eigenvalue weighted by atomic mass is 10.1. The highest BCUT2D eigenvalue weighted by Crippen LogP contribution is 2.24. The molecule has 110 valence electrons. The third kappa shape index (κ3) is 3.18. The molecule has 2 heterocycles. The number of nitrogens with one attached hydrogen (secondary N) is 2. The summed E-state index contributed by atoms with van der Waals surface area (Å²) in [5.41, 5.74) is 3.62. The van der Waals surface area contributed by atoms with Gasteiger partial charge < -0.3 is 20.0 Å². The van der Waals surface area contributed by atoms with Crippen LogP contribution < -0.4 is 15.5 Å². The van der Waals surface area contributed by atoms with Gasteiger partial charge in [-0.15, -0.1) is 0 Å². The van der Waals surface area contributed by atoms with Gasteiger partial charge in [0.25, 0.3) is 0 Å². The maximum atomic E-state index is 5.32. The van der Waals surface area contributed by atoms with Crippen molar-refractivity contribution in [2.75, 3.05) is 30.9 Å². The van der Waals surface area contributed by atoms with Crippen molar-refractivity contribution in [2.45, 2.75) is 13.0 Å². The van der Waals surface area contributed by atoms with Gasteiger partial charge in [0, 0.05) is 32.0 Å². The van der Waals surface area contributed by atoms with Crippen molar-refractivity contribution in [3.8, 4) is 0 Å². The summed E-state index contributed by atoms with van der Waals surface area (Å²) in [5, 5.41) is 6.64. The SMILES string of the molecule is CN(C)c1ccc2c(c1)CCN=C(NCc1ccco1)N2. The highest BCUT2D eigenvalue weighted by molar-refractivity contribution is 5.95. The van der Waals surface area contributed by atoms with E-state index in [0.717, 1.165) is 30.4 Å². The molecule has 3 rings (SSSR count). The minimum Gasteiger partial charge on any atom is -0.467 e. The molecule has 21 heavy (non-hydrogen) atoms. The smallest absolute Gasteiger partial charge is 0.196 e. The Labute approximate surface area is 124 Å². The van der Waals surface area contributed by atoms with Crippen molar-refractivity contribution >= 4 is 17.3 Å². The standard InChI is InChI=1S/C16H20N4O/c1-20(2)13-5-6-15-12(10-13)7-8-17-16(19-15)18-11-14-4-3-9-21-14/h3-6,9-10H,7-8,11H2,1-2H3,(H2,17,18,19). The van der Waals surface area contributed by atoms with Gasteiger partial charge in [-0.2, -0.15) is 0 Å². The van der Waals surface area contributed by atoms with Crippen LogP contribution in [0.15, 0.2) is 46.0 Å². The van der Waals surface area contributed by atoms with Gasteiger partial charge in [0.15, 0.2) is 5.96 Å². The molecule has 0 spiro atoms. The van der Waals surface area contributed by atoms with E-state index in [1.54, 1.807) is 6.26 Å². The van der Waals surface area contributed by atoms with Gasteiger partial charge in [0.2, 0.25) is 0 Å². The zero-order valence-electron chi connectivity index (χ0n) is 12.4. The molecular formula is C16H20N4O. The van der Waals surface area contributed by atoms with E-state index in [2.05, 4.69) is 52.8 Å². The van der Waals surface area contributed by atoms with Crippen LogP contribution in [-0.2, 0) is 13.0 Å². The molecule has 1 aromatic carbocycles. The van der Waals surface area contributed by atoms with Crippen LogP contribution in [0.25, 0.3) is 0 Å². The Kier molecular flexibility index (Phi) is 3.81. The van der Waals surface area contributed by atoms with Crippen LogP contribution >= 0.6 is 0 Å². The summed E-state index contributed by atoms with van der Waals surface area (Å²) < 4.78 is 5.32. The monoisotopic (exact) mass is 284 g/mol. The number of aliphatic imine (C=N–C) groups is 1.